The Hall–Kier alpha value is -3.52. The van der Waals surface area contributed by atoms with E-state index in [2.05, 4.69) is 44.7 Å². The molecule has 0 bridgehead atoms. The van der Waals surface area contributed by atoms with Gasteiger partial charge in [-0.2, -0.15) is 5.10 Å². The van der Waals surface area contributed by atoms with E-state index in [0.29, 0.717) is 16.8 Å². The molecule has 0 radical (unpaired) electrons. The molecule has 8 nitrogen and oxygen atoms in total. The Morgan fingerprint density at radius 3 is 2.50 bits per heavy atom. The van der Waals surface area contributed by atoms with Crippen LogP contribution in [-0.4, -0.2) is 45.1 Å². The van der Waals surface area contributed by atoms with Gasteiger partial charge in [0.15, 0.2) is 0 Å². The lowest BCUT2D eigenvalue weighted by Gasteiger charge is -2.32. The van der Waals surface area contributed by atoms with Crippen LogP contribution in [-0.2, 0) is 6.54 Å². The van der Waals surface area contributed by atoms with E-state index in [-0.39, 0.29) is 17.6 Å². The zero-order chi connectivity index (χ0) is 20.9. The fourth-order valence-corrected chi connectivity index (χ4v) is 3.77. The molecule has 8 heteroatoms. The van der Waals surface area contributed by atoms with E-state index in [1.165, 1.54) is 23.9 Å². The van der Waals surface area contributed by atoms with Crippen molar-refractivity contribution in [1.29, 1.82) is 0 Å². The van der Waals surface area contributed by atoms with Crippen LogP contribution in [0.2, 0.25) is 0 Å². The van der Waals surface area contributed by atoms with E-state index >= 15 is 0 Å². The van der Waals surface area contributed by atoms with Gasteiger partial charge in [0, 0.05) is 43.4 Å². The second-order valence-electron chi connectivity index (χ2n) is 7.47. The fraction of sp³-hybridized carbons (Fsp3) is 0.273. The highest BCUT2D eigenvalue weighted by Gasteiger charge is 2.23. The number of amides is 1. The molecule has 2 heterocycles. The number of H-pyrrole nitrogens is 1. The van der Waals surface area contributed by atoms with Crippen molar-refractivity contribution in [3.05, 3.63) is 82.0 Å². The van der Waals surface area contributed by atoms with Crippen LogP contribution in [0.25, 0.3) is 11.3 Å². The highest BCUT2D eigenvalue weighted by Crippen LogP contribution is 2.24. The van der Waals surface area contributed by atoms with Crippen LogP contribution < -0.4 is 5.32 Å². The number of benzene rings is 2. The second kappa shape index (κ2) is 8.87. The quantitative estimate of drug-likeness (QED) is 0.483. The van der Waals surface area contributed by atoms with Crippen molar-refractivity contribution >= 4 is 11.6 Å². The molecule has 1 aromatic heterocycles. The SMILES string of the molecule is O=C(NC1CCN(Cc2ccccc2)CC1)c1cn[nH]c1-c1ccc([N+](=O)[O-])cc1. The molecule has 0 atom stereocenters. The first kappa shape index (κ1) is 19.8. The van der Waals surface area contributed by atoms with E-state index < -0.39 is 4.92 Å². The van der Waals surface area contributed by atoms with Crippen LogP contribution in [0.4, 0.5) is 5.69 Å². The van der Waals surface area contributed by atoms with Crippen molar-refractivity contribution in [2.45, 2.75) is 25.4 Å². The molecule has 154 valence electrons. The second-order valence-corrected chi connectivity index (χ2v) is 7.47. The summed E-state index contributed by atoms with van der Waals surface area (Å²) in [5, 5.41) is 20.8. The molecular weight excluding hydrogens is 382 g/mol. The Kier molecular flexibility index (Phi) is 5.85. The molecule has 2 aromatic carbocycles. The van der Waals surface area contributed by atoms with Crippen LogP contribution >= 0.6 is 0 Å². The lowest BCUT2D eigenvalue weighted by Crippen LogP contribution is -2.44. The first-order valence-electron chi connectivity index (χ1n) is 9.95. The molecule has 0 saturated carbocycles. The van der Waals surface area contributed by atoms with Crippen LogP contribution in [0.5, 0.6) is 0 Å². The average molecular weight is 405 g/mol. The monoisotopic (exact) mass is 405 g/mol. The molecule has 1 aliphatic heterocycles. The summed E-state index contributed by atoms with van der Waals surface area (Å²) in [4.78, 5) is 25.6. The van der Waals surface area contributed by atoms with E-state index in [9.17, 15) is 14.9 Å². The summed E-state index contributed by atoms with van der Waals surface area (Å²) in [7, 11) is 0. The third-order valence-corrected chi connectivity index (χ3v) is 5.42. The van der Waals surface area contributed by atoms with Gasteiger partial charge in [-0.25, -0.2) is 0 Å². The van der Waals surface area contributed by atoms with Crippen LogP contribution in [0, 0.1) is 10.1 Å². The number of nitrogens with zero attached hydrogens (tertiary/aromatic N) is 3. The number of carbonyl (C=O) groups is 1. The number of hydrogen-bond acceptors (Lipinski definition) is 5. The lowest BCUT2D eigenvalue weighted by atomic mass is 10.0. The third kappa shape index (κ3) is 4.55. The minimum Gasteiger partial charge on any atom is -0.349 e. The van der Waals surface area contributed by atoms with Crippen LogP contribution in [0.1, 0.15) is 28.8 Å². The number of likely N-dealkylation sites (tertiary alicyclic amines) is 1. The van der Waals surface area contributed by atoms with Gasteiger partial charge in [-0.1, -0.05) is 30.3 Å². The van der Waals surface area contributed by atoms with Gasteiger partial charge in [-0.3, -0.25) is 24.9 Å². The smallest absolute Gasteiger partial charge is 0.269 e. The number of rotatable bonds is 6. The number of nitro benzene ring substituents is 1. The van der Waals surface area contributed by atoms with E-state index in [0.717, 1.165) is 32.5 Å². The first-order chi connectivity index (χ1) is 14.6. The summed E-state index contributed by atoms with van der Waals surface area (Å²) < 4.78 is 0. The van der Waals surface area contributed by atoms with Crippen molar-refractivity contribution in [1.82, 2.24) is 20.4 Å². The summed E-state index contributed by atoms with van der Waals surface area (Å²) >= 11 is 0. The van der Waals surface area contributed by atoms with Crippen molar-refractivity contribution < 1.29 is 9.72 Å². The number of hydrogen-bond donors (Lipinski definition) is 2. The summed E-state index contributed by atoms with van der Waals surface area (Å²) in [5.74, 6) is -0.182. The van der Waals surface area contributed by atoms with Gasteiger partial charge in [-0.15, -0.1) is 0 Å². The van der Waals surface area contributed by atoms with Gasteiger partial charge in [0.2, 0.25) is 0 Å². The van der Waals surface area contributed by atoms with Crippen LogP contribution in [0.15, 0.2) is 60.8 Å². The molecule has 30 heavy (non-hydrogen) atoms. The zero-order valence-electron chi connectivity index (χ0n) is 16.5. The Bertz CT molecular complexity index is 1010. The number of non-ortho nitro benzene ring substituents is 1. The maximum Gasteiger partial charge on any atom is 0.269 e. The maximum absolute atomic E-state index is 12.8. The van der Waals surface area contributed by atoms with Gasteiger partial charge in [0.1, 0.15) is 0 Å². The topological polar surface area (TPSA) is 104 Å². The predicted octanol–water partition coefficient (Wildman–Crippen LogP) is 3.38. The summed E-state index contributed by atoms with van der Waals surface area (Å²) in [6.07, 6.45) is 3.28. The average Bonchev–Trinajstić information content (AvgIpc) is 3.26. The van der Waals surface area contributed by atoms with Gasteiger partial charge >= 0.3 is 0 Å². The van der Waals surface area contributed by atoms with Gasteiger partial charge in [0.05, 0.1) is 22.4 Å². The fourth-order valence-electron chi connectivity index (χ4n) is 3.77. The molecule has 1 fully saturated rings. The lowest BCUT2D eigenvalue weighted by molar-refractivity contribution is -0.384. The third-order valence-electron chi connectivity index (χ3n) is 5.42. The Morgan fingerprint density at radius 2 is 1.83 bits per heavy atom. The van der Waals surface area contributed by atoms with Crippen molar-refractivity contribution in [3.63, 3.8) is 0 Å². The number of aromatic nitrogens is 2. The molecule has 1 aliphatic rings. The number of piperidine rings is 1. The first-order valence-corrected chi connectivity index (χ1v) is 9.95. The van der Waals surface area contributed by atoms with E-state index in [4.69, 9.17) is 0 Å². The van der Waals surface area contributed by atoms with Crippen molar-refractivity contribution in [3.8, 4) is 11.3 Å². The van der Waals surface area contributed by atoms with Crippen molar-refractivity contribution in [2.75, 3.05) is 13.1 Å². The predicted molar refractivity (Wildman–Crippen MR) is 113 cm³/mol. The van der Waals surface area contributed by atoms with E-state index in [1.807, 2.05) is 6.07 Å². The van der Waals surface area contributed by atoms with Gasteiger partial charge in [0.25, 0.3) is 11.6 Å². The molecule has 0 spiro atoms. The molecule has 0 unspecified atom stereocenters. The molecule has 3 aromatic rings. The maximum atomic E-state index is 12.8. The Morgan fingerprint density at radius 1 is 1.13 bits per heavy atom. The standard InChI is InChI=1S/C22H23N5O3/c28-22(20-14-23-25-21(20)17-6-8-19(9-7-17)27(29)30)24-18-10-12-26(13-11-18)15-16-4-2-1-3-5-16/h1-9,14,18H,10-13,15H2,(H,23,25)(H,24,28). The number of carbonyl (C=O) groups excluding carboxylic acids is 1. The van der Waals surface area contributed by atoms with Gasteiger partial charge in [-0.05, 0) is 30.5 Å². The highest BCUT2D eigenvalue weighted by molar-refractivity contribution is 5.99. The summed E-state index contributed by atoms with van der Waals surface area (Å²) in [6, 6.07) is 16.6. The Labute approximate surface area is 174 Å². The molecule has 1 saturated heterocycles. The number of nitro groups is 1. The summed E-state index contributed by atoms with van der Waals surface area (Å²) in [6.45, 7) is 2.79. The zero-order valence-corrected chi connectivity index (χ0v) is 16.5. The van der Waals surface area contributed by atoms with Crippen LogP contribution in [0.3, 0.4) is 0 Å². The molecular formula is C22H23N5O3. The largest absolute Gasteiger partial charge is 0.349 e. The molecule has 0 aliphatic carbocycles. The highest BCUT2D eigenvalue weighted by atomic mass is 16.6. The normalized spacial score (nSPS) is 15.1. The van der Waals surface area contributed by atoms with Crippen molar-refractivity contribution in [2.24, 2.45) is 0 Å². The Balaban J connectivity index is 1.35. The molecule has 1 amide bonds. The molecule has 2 N–H and O–H groups in total. The van der Waals surface area contributed by atoms with E-state index in [1.54, 1.807) is 12.1 Å². The summed E-state index contributed by atoms with van der Waals surface area (Å²) in [5.41, 5.74) is 2.98. The van der Waals surface area contributed by atoms with Gasteiger partial charge < -0.3 is 5.32 Å². The minimum atomic E-state index is -0.450. The molecule has 4 rings (SSSR count). The number of nitrogens with one attached hydrogen (secondary N) is 2. The minimum absolute atomic E-state index is 0.00605. The number of aromatic amines is 1.